The first-order valence-electron chi connectivity index (χ1n) is 5.55. The Morgan fingerprint density at radius 1 is 0.941 bits per heavy atom. The highest BCUT2D eigenvalue weighted by Crippen LogP contribution is 2.30. The number of rotatable bonds is 2. The number of para-hydroxylation sites is 1. The second-order valence-corrected chi connectivity index (χ2v) is 4.72. The Balaban J connectivity index is 2.49. The molecule has 17 heavy (non-hydrogen) atoms. The van der Waals surface area contributed by atoms with Crippen LogP contribution in [0.4, 0.5) is 5.69 Å². The minimum absolute atomic E-state index is 1.03. The molecule has 0 heterocycles. The highest BCUT2D eigenvalue weighted by molar-refractivity contribution is 8.13. The lowest BCUT2D eigenvalue weighted by Crippen LogP contribution is -1.83. The van der Waals surface area contributed by atoms with E-state index in [-0.39, 0.29) is 0 Å². The van der Waals surface area contributed by atoms with Crippen molar-refractivity contribution < 1.29 is 0 Å². The van der Waals surface area contributed by atoms with Crippen molar-refractivity contribution in [3.8, 4) is 11.1 Å². The van der Waals surface area contributed by atoms with Gasteiger partial charge in [0.25, 0.3) is 0 Å². The van der Waals surface area contributed by atoms with Crippen LogP contribution in [0.25, 0.3) is 11.1 Å². The van der Waals surface area contributed by atoms with Gasteiger partial charge in [-0.2, -0.15) is 0 Å². The van der Waals surface area contributed by atoms with Crippen LogP contribution in [-0.2, 0) is 0 Å². The van der Waals surface area contributed by atoms with E-state index in [1.54, 1.807) is 11.8 Å². The SMILES string of the molecule is CSC(C)=Nc1ccccc1-c1ccccc1. The van der Waals surface area contributed by atoms with Crippen LogP contribution in [0.2, 0.25) is 0 Å². The van der Waals surface area contributed by atoms with Gasteiger partial charge in [-0.05, 0) is 24.8 Å². The normalized spacial score (nSPS) is 11.5. The molecule has 0 atom stereocenters. The van der Waals surface area contributed by atoms with Gasteiger partial charge >= 0.3 is 0 Å². The van der Waals surface area contributed by atoms with Gasteiger partial charge in [-0.3, -0.25) is 0 Å². The molecule has 0 saturated heterocycles. The maximum atomic E-state index is 4.63. The van der Waals surface area contributed by atoms with Crippen molar-refractivity contribution in [3.05, 3.63) is 54.6 Å². The second-order valence-electron chi connectivity index (χ2n) is 3.72. The Bertz CT molecular complexity index is 517. The predicted octanol–water partition coefficient (Wildman–Crippen LogP) is 4.77. The van der Waals surface area contributed by atoms with Gasteiger partial charge in [0, 0.05) is 5.56 Å². The Morgan fingerprint density at radius 2 is 1.59 bits per heavy atom. The van der Waals surface area contributed by atoms with E-state index in [1.807, 2.05) is 25.3 Å². The quantitative estimate of drug-likeness (QED) is 0.545. The standard InChI is InChI=1S/C15H15NS/c1-12(17-2)16-15-11-7-6-10-14(15)13-8-4-3-5-9-13/h3-11H,1-2H3. The van der Waals surface area contributed by atoms with Gasteiger partial charge in [0.15, 0.2) is 0 Å². The highest BCUT2D eigenvalue weighted by atomic mass is 32.2. The summed E-state index contributed by atoms with van der Waals surface area (Å²) in [6.07, 6.45) is 2.05. The summed E-state index contributed by atoms with van der Waals surface area (Å²) >= 11 is 1.67. The van der Waals surface area contributed by atoms with E-state index in [9.17, 15) is 0 Å². The third-order valence-corrected chi connectivity index (χ3v) is 3.24. The number of hydrogen-bond donors (Lipinski definition) is 0. The molecule has 2 aromatic carbocycles. The first-order valence-corrected chi connectivity index (χ1v) is 6.77. The number of nitrogens with zero attached hydrogens (tertiary/aromatic N) is 1. The molecule has 0 spiro atoms. The van der Waals surface area contributed by atoms with Crippen molar-refractivity contribution in [2.45, 2.75) is 6.92 Å². The second kappa shape index (κ2) is 5.69. The van der Waals surface area contributed by atoms with Crippen molar-refractivity contribution in [1.29, 1.82) is 0 Å². The van der Waals surface area contributed by atoms with Gasteiger partial charge in [0.2, 0.25) is 0 Å². The van der Waals surface area contributed by atoms with E-state index in [0.29, 0.717) is 0 Å². The fourth-order valence-corrected chi connectivity index (χ4v) is 1.84. The van der Waals surface area contributed by atoms with E-state index < -0.39 is 0 Å². The lowest BCUT2D eigenvalue weighted by atomic mass is 10.0. The predicted molar refractivity (Wildman–Crippen MR) is 78.2 cm³/mol. The average molecular weight is 241 g/mol. The maximum Gasteiger partial charge on any atom is 0.0717 e. The molecule has 0 N–H and O–H groups in total. The molecule has 2 heteroatoms. The molecule has 0 saturated carbocycles. The zero-order chi connectivity index (χ0) is 12.1. The Morgan fingerprint density at radius 3 is 2.29 bits per heavy atom. The summed E-state index contributed by atoms with van der Waals surface area (Å²) in [5, 5.41) is 1.08. The third-order valence-electron chi connectivity index (χ3n) is 2.56. The first-order chi connectivity index (χ1) is 8.31. The molecule has 0 amide bonds. The molecular weight excluding hydrogens is 226 g/mol. The summed E-state index contributed by atoms with van der Waals surface area (Å²) in [6, 6.07) is 18.6. The van der Waals surface area contributed by atoms with Crippen LogP contribution in [0.5, 0.6) is 0 Å². The summed E-state index contributed by atoms with van der Waals surface area (Å²) in [7, 11) is 0. The fourth-order valence-electron chi connectivity index (χ4n) is 1.65. The topological polar surface area (TPSA) is 12.4 Å². The minimum Gasteiger partial charge on any atom is -0.246 e. The Kier molecular flexibility index (Phi) is 3.99. The summed E-state index contributed by atoms with van der Waals surface area (Å²) in [6.45, 7) is 2.03. The number of thioether (sulfide) groups is 1. The molecule has 0 aliphatic rings. The molecule has 0 aliphatic carbocycles. The van der Waals surface area contributed by atoms with E-state index in [4.69, 9.17) is 0 Å². The molecule has 0 radical (unpaired) electrons. The van der Waals surface area contributed by atoms with Gasteiger partial charge in [0.1, 0.15) is 0 Å². The molecule has 2 rings (SSSR count). The molecule has 0 bridgehead atoms. The lowest BCUT2D eigenvalue weighted by molar-refractivity contribution is 1.50. The van der Waals surface area contributed by atoms with Gasteiger partial charge in [0.05, 0.1) is 10.7 Å². The number of hydrogen-bond acceptors (Lipinski definition) is 2. The van der Waals surface area contributed by atoms with Crippen molar-refractivity contribution >= 4 is 22.5 Å². The lowest BCUT2D eigenvalue weighted by Gasteiger charge is -2.06. The van der Waals surface area contributed by atoms with Crippen LogP contribution in [0.3, 0.4) is 0 Å². The molecule has 86 valence electrons. The van der Waals surface area contributed by atoms with Gasteiger partial charge in [-0.15, -0.1) is 11.8 Å². The summed E-state index contributed by atoms with van der Waals surface area (Å²) in [4.78, 5) is 4.63. The number of benzene rings is 2. The van der Waals surface area contributed by atoms with E-state index in [0.717, 1.165) is 10.7 Å². The van der Waals surface area contributed by atoms with Gasteiger partial charge in [-0.25, -0.2) is 4.99 Å². The molecule has 0 aromatic heterocycles. The van der Waals surface area contributed by atoms with E-state index >= 15 is 0 Å². The maximum absolute atomic E-state index is 4.63. The van der Waals surface area contributed by atoms with Crippen LogP contribution < -0.4 is 0 Å². The Hall–Kier alpha value is -1.54. The molecule has 0 unspecified atom stereocenters. The van der Waals surface area contributed by atoms with Crippen LogP contribution in [0, 0.1) is 0 Å². The van der Waals surface area contributed by atoms with Crippen molar-refractivity contribution in [2.24, 2.45) is 4.99 Å². The van der Waals surface area contributed by atoms with E-state index in [2.05, 4.69) is 47.5 Å². The fraction of sp³-hybridized carbons (Fsp3) is 0.133. The summed E-state index contributed by atoms with van der Waals surface area (Å²) in [5.41, 5.74) is 3.42. The van der Waals surface area contributed by atoms with E-state index in [1.165, 1.54) is 11.1 Å². The van der Waals surface area contributed by atoms with Crippen LogP contribution in [0.15, 0.2) is 59.6 Å². The van der Waals surface area contributed by atoms with Crippen LogP contribution in [-0.4, -0.2) is 11.3 Å². The average Bonchev–Trinajstić information content (AvgIpc) is 2.40. The molecular formula is C15H15NS. The van der Waals surface area contributed by atoms with Crippen LogP contribution in [0.1, 0.15) is 6.92 Å². The molecule has 0 fully saturated rings. The largest absolute Gasteiger partial charge is 0.246 e. The smallest absolute Gasteiger partial charge is 0.0717 e. The number of aliphatic imine (C=N–C) groups is 1. The molecule has 1 nitrogen and oxygen atoms in total. The zero-order valence-corrected chi connectivity index (χ0v) is 10.9. The van der Waals surface area contributed by atoms with Crippen LogP contribution >= 0.6 is 11.8 Å². The van der Waals surface area contributed by atoms with Crippen molar-refractivity contribution in [3.63, 3.8) is 0 Å². The Labute approximate surface area is 107 Å². The summed E-state index contributed by atoms with van der Waals surface area (Å²) in [5.74, 6) is 0. The minimum atomic E-state index is 1.03. The van der Waals surface area contributed by atoms with Gasteiger partial charge < -0.3 is 0 Å². The zero-order valence-electron chi connectivity index (χ0n) is 10.1. The monoisotopic (exact) mass is 241 g/mol. The molecule has 0 aliphatic heterocycles. The molecule has 2 aromatic rings. The van der Waals surface area contributed by atoms with Crippen molar-refractivity contribution in [2.75, 3.05) is 6.26 Å². The first kappa shape index (κ1) is 11.9. The third kappa shape index (κ3) is 2.98. The highest BCUT2D eigenvalue weighted by Gasteiger charge is 2.02. The van der Waals surface area contributed by atoms with Crippen molar-refractivity contribution in [1.82, 2.24) is 0 Å². The summed E-state index contributed by atoms with van der Waals surface area (Å²) < 4.78 is 0. The van der Waals surface area contributed by atoms with Gasteiger partial charge in [-0.1, -0.05) is 48.5 Å².